The molecule has 0 spiro atoms. The van der Waals surface area contributed by atoms with Crippen LogP contribution in [0.15, 0.2) is 46.5 Å². The average molecular weight is 442 g/mol. The molecule has 2 aromatic heterocycles. The SMILES string of the molecule is Cn1nc(Cl)nc1C(=O)N1CCc2[nH]cnc2[C@@H]1C/C=C1/C=CC=C(C#N)N1N=S. The van der Waals surface area contributed by atoms with Gasteiger partial charge in [0.1, 0.15) is 11.8 Å². The highest BCUT2D eigenvalue weighted by molar-refractivity contribution is 7.47. The van der Waals surface area contributed by atoms with Crippen LogP contribution in [0.25, 0.3) is 0 Å². The van der Waals surface area contributed by atoms with Crippen LogP contribution in [0.1, 0.15) is 34.5 Å². The third-order valence-electron chi connectivity index (χ3n) is 4.98. The third kappa shape index (κ3) is 3.51. The number of H-pyrrole nitrogens is 1. The number of allylic oxidation sites excluding steroid dienone is 4. The number of hydrogen-bond donors (Lipinski definition) is 1. The number of nitrogens with zero attached hydrogens (tertiary/aromatic N) is 8. The van der Waals surface area contributed by atoms with E-state index in [-0.39, 0.29) is 23.1 Å². The molecule has 1 atom stereocenters. The summed E-state index contributed by atoms with van der Waals surface area (Å²) >= 11 is 10.7. The first-order valence-electron chi connectivity index (χ1n) is 9.05. The van der Waals surface area contributed by atoms with Gasteiger partial charge in [-0.1, -0.05) is 16.6 Å². The number of nitriles is 1. The molecule has 1 amide bonds. The van der Waals surface area contributed by atoms with Crippen molar-refractivity contribution >= 4 is 29.9 Å². The molecule has 10 nitrogen and oxygen atoms in total. The number of carbonyl (C=O) groups is 1. The number of carbonyl (C=O) groups excluding carboxylic acids is 1. The first-order chi connectivity index (χ1) is 14.5. The Labute approximate surface area is 182 Å². The number of aromatic nitrogens is 5. The molecule has 0 aromatic carbocycles. The van der Waals surface area contributed by atoms with Gasteiger partial charge in [0.15, 0.2) is 0 Å². The molecule has 152 valence electrons. The van der Waals surface area contributed by atoms with Crippen molar-refractivity contribution in [3.05, 3.63) is 64.5 Å². The fraction of sp³-hybridized carbons (Fsp3) is 0.278. The van der Waals surface area contributed by atoms with Gasteiger partial charge in [-0.2, -0.15) is 10.2 Å². The smallest absolute Gasteiger partial charge is 0.292 e. The maximum absolute atomic E-state index is 13.2. The summed E-state index contributed by atoms with van der Waals surface area (Å²) in [4.78, 5) is 26.6. The van der Waals surface area contributed by atoms with Gasteiger partial charge in [0.25, 0.3) is 5.91 Å². The molecule has 2 aromatic rings. The summed E-state index contributed by atoms with van der Waals surface area (Å²) in [5.74, 6) is -0.123. The molecule has 30 heavy (non-hydrogen) atoms. The summed E-state index contributed by atoms with van der Waals surface area (Å²) in [5.41, 5.74) is 2.75. The van der Waals surface area contributed by atoms with Gasteiger partial charge >= 0.3 is 0 Å². The van der Waals surface area contributed by atoms with E-state index in [1.54, 1.807) is 36.5 Å². The second-order valence-corrected chi connectivity index (χ2v) is 7.14. The quantitative estimate of drug-likeness (QED) is 0.771. The number of rotatable bonds is 4. The largest absolute Gasteiger partial charge is 0.348 e. The molecule has 0 radical (unpaired) electrons. The monoisotopic (exact) mass is 441 g/mol. The van der Waals surface area contributed by atoms with Crippen LogP contribution in [0, 0.1) is 11.3 Å². The molecule has 4 heterocycles. The molecule has 0 fully saturated rings. The maximum atomic E-state index is 13.2. The van der Waals surface area contributed by atoms with E-state index in [0.717, 1.165) is 11.4 Å². The number of amides is 1. The van der Waals surface area contributed by atoms with E-state index in [1.807, 2.05) is 6.08 Å². The van der Waals surface area contributed by atoms with Crippen molar-refractivity contribution in [3.8, 4) is 6.07 Å². The Bertz CT molecular complexity index is 1140. The maximum Gasteiger partial charge on any atom is 0.292 e. The summed E-state index contributed by atoms with van der Waals surface area (Å²) in [5, 5.41) is 14.6. The van der Waals surface area contributed by atoms with Crippen LogP contribution in [0.5, 0.6) is 0 Å². The lowest BCUT2D eigenvalue weighted by Gasteiger charge is -2.34. The molecular formula is C18H16ClN9OS. The number of imidazole rings is 1. The van der Waals surface area contributed by atoms with Crippen molar-refractivity contribution in [1.29, 1.82) is 5.26 Å². The zero-order valence-corrected chi connectivity index (χ0v) is 17.4. The van der Waals surface area contributed by atoms with Crippen molar-refractivity contribution < 1.29 is 4.79 Å². The van der Waals surface area contributed by atoms with Gasteiger partial charge in [-0.05, 0) is 30.2 Å². The normalized spacial score (nSPS) is 19.4. The lowest BCUT2D eigenvalue weighted by atomic mass is 9.98. The Morgan fingerprint density at radius 3 is 3.10 bits per heavy atom. The Balaban J connectivity index is 1.66. The van der Waals surface area contributed by atoms with E-state index >= 15 is 0 Å². The Kier molecular flexibility index (Phi) is 5.43. The number of halogens is 1. The number of aryl methyl sites for hydroxylation is 1. The molecule has 12 heteroatoms. The zero-order chi connectivity index (χ0) is 21.3. The minimum atomic E-state index is -0.340. The van der Waals surface area contributed by atoms with E-state index in [1.165, 1.54) is 9.69 Å². The van der Waals surface area contributed by atoms with Crippen LogP contribution in [0.3, 0.4) is 0 Å². The van der Waals surface area contributed by atoms with Crippen LogP contribution in [-0.4, -0.2) is 47.1 Å². The van der Waals surface area contributed by atoms with Crippen LogP contribution in [-0.2, 0) is 25.9 Å². The molecule has 1 N–H and O–H groups in total. The Hall–Kier alpha value is -3.36. The topological polar surface area (TPSA) is 119 Å². The first kappa shape index (κ1) is 19.9. The number of nitrogens with one attached hydrogen (secondary N) is 1. The number of fused-ring (bicyclic) bond motifs is 1. The number of hydrogen-bond acceptors (Lipinski definition) is 7. The van der Waals surface area contributed by atoms with E-state index < -0.39 is 0 Å². The van der Waals surface area contributed by atoms with E-state index in [4.69, 9.17) is 24.0 Å². The highest BCUT2D eigenvalue weighted by Gasteiger charge is 2.35. The minimum Gasteiger partial charge on any atom is -0.348 e. The molecule has 0 saturated heterocycles. The fourth-order valence-electron chi connectivity index (χ4n) is 3.59. The van der Waals surface area contributed by atoms with E-state index in [2.05, 4.69) is 30.6 Å². The summed E-state index contributed by atoms with van der Waals surface area (Å²) in [6, 6.07) is 1.72. The summed E-state index contributed by atoms with van der Waals surface area (Å²) in [6.45, 7) is 0.487. The van der Waals surface area contributed by atoms with Gasteiger partial charge in [-0.25, -0.2) is 14.7 Å². The molecule has 0 aliphatic carbocycles. The van der Waals surface area contributed by atoms with Gasteiger partial charge in [-0.3, -0.25) is 4.79 Å². The van der Waals surface area contributed by atoms with Gasteiger partial charge < -0.3 is 9.88 Å². The van der Waals surface area contributed by atoms with Gasteiger partial charge in [0.05, 0.1) is 36.2 Å². The van der Waals surface area contributed by atoms with Crippen molar-refractivity contribution in [2.75, 3.05) is 6.54 Å². The molecule has 2 aliphatic rings. The Morgan fingerprint density at radius 1 is 1.57 bits per heavy atom. The first-order valence-corrected chi connectivity index (χ1v) is 9.79. The number of aromatic amines is 1. The average Bonchev–Trinajstić information content (AvgIpc) is 3.36. The highest BCUT2D eigenvalue weighted by atomic mass is 35.5. The summed E-state index contributed by atoms with van der Waals surface area (Å²) < 4.78 is 5.13. The standard InChI is InChI=1S/C18H16ClN9OS/c1-26-16(23-18(19)24-26)17(29)27-8-7-13-15(22-10-21-13)14(27)6-5-11-3-2-4-12(9-20)28(11)25-30/h2-5,10,14H,6-8H2,1H3,(H,21,22)/b11-5-/t14-/m0/s1. The predicted octanol–water partition coefficient (Wildman–Crippen LogP) is 2.13. The van der Waals surface area contributed by atoms with Crippen LogP contribution >= 0.6 is 11.6 Å². The van der Waals surface area contributed by atoms with Crippen molar-refractivity contribution in [2.24, 2.45) is 11.5 Å². The molecule has 0 unspecified atom stereocenters. The molecule has 4 rings (SSSR count). The molecular weight excluding hydrogens is 426 g/mol. The van der Waals surface area contributed by atoms with Crippen molar-refractivity contribution in [1.82, 2.24) is 34.6 Å². The molecule has 0 saturated carbocycles. The van der Waals surface area contributed by atoms with E-state index in [0.29, 0.717) is 30.8 Å². The molecule has 0 bridgehead atoms. The Morgan fingerprint density at radius 2 is 2.40 bits per heavy atom. The lowest BCUT2D eigenvalue weighted by Crippen LogP contribution is -2.41. The second-order valence-electron chi connectivity index (χ2n) is 6.64. The van der Waals surface area contributed by atoms with E-state index in [9.17, 15) is 10.1 Å². The van der Waals surface area contributed by atoms with Gasteiger partial charge in [-0.15, -0.1) is 5.10 Å². The molecule has 2 aliphatic heterocycles. The second kappa shape index (κ2) is 8.17. The van der Waals surface area contributed by atoms with Crippen LogP contribution in [0.4, 0.5) is 0 Å². The van der Waals surface area contributed by atoms with Gasteiger partial charge in [0.2, 0.25) is 11.1 Å². The fourth-order valence-corrected chi connectivity index (χ4v) is 3.96. The third-order valence-corrected chi connectivity index (χ3v) is 5.30. The van der Waals surface area contributed by atoms with Crippen molar-refractivity contribution in [3.63, 3.8) is 0 Å². The van der Waals surface area contributed by atoms with Gasteiger partial charge in [0, 0.05) is 25.7 Å². The highest BCUT2D eigenvalue weighted by Crippen LogP contribution is 2.33. The minimum absolute atomic E-state index is 0.0165. The lowest BCUT2D eigenvalue weighted by molar-refractivity contribution is 0.0639. The summed E-state index contributed by atoms with van der Waals surface area (Å²) in [7, 11) is 1.62. The summed E-state index contributed by atoms with van der Waals surface area (Å²) in [6.07, 6.45) is 9.79. The predicted molar refractivity (Wildman–Crippen MR) is 109 cm³/mol. The van der Waals surface area contributed by atoms with Crippen LogP contribution < -0.4 is 0 Å². The zero-order valence-electron chi connectivity index (χ0n) is 15.9. The van der Waals surface area contributed by atoms with Crippen LogP contribution in [0.2, 0.25) is 5.28 Å². The van der Waals surface area contributed by atoms with Crippen molar-refractivity contribution in [2.45, 2.75) is 18.9 Å².